The number of hydrogen-bond donors (Lipinski definition) is 0. The van der Waals surface area contributed by atoms with Crippen molar-refractivity contribution in [3.63, 3.8) is 0 Å². The van der Waals surface area contributed by atoms with Gasteiger partial charge in [0.15, 0.2) is 0 Å². The predicted octanol–water partition coefficient (Wildman–Crippen LogP) is 0.713. The van der Waals surface area contributed by atoms with E-state index in [0.29, 0.717) is 45.9 Å². The molecule has 0 saturated heterocycles. The molecule has 0 N–H and O–H groups in total. The van der Waals surface area contributed by atoms with Gasteiger partial charge in [0.05, 0.1) is 13.2 Å². The highest BCUT2D eigenvalue weighted by Crippen LogP contribution is 1.88. The van der Waals surface area contributed by atoms with E-state index in [1.165, 1.54) is 4.90 Å². The number of carbonyl (C=O) groups excluding carboxylic acids is 1. The summed E-state index contributed by atoms with van der Waals surface area (Å²) in [5, 5.41) is 0. The molecule has 0 aromatic rings. The second-order valence-corrected chi connectivity index (χ2v) is 2.93. The molecule has 6 nitrogen and oxygen atoms in total. The van der Waals surface area contributed by atoms with Crippen LogP contribution in [-0.4, -0.2) is 50.8 Å². The zero-order valence-electron chi connectivity index (χ0n) is 9.88. The highest BCUT2D eigenvalue weighted by Gasteiger charge is 2.01. The minimum absolute atomic E-state index is 0.292. The molecule has 0 aromatic heterocycles. The topological polar surface area (TPSA) is 57.2 Å². The molecule has 0 fully saturated rings. The second-order valence-electron chi connectivity index (χ2n) is 2.93. The van der Waals surface area contributed by atoms with Crippen molar-refractivity contribution in [1.29, 1.82) is 0 Å². The van der Waals surface area contributed by atoms with Crippen LogP contribution < -0.4 is 0 Å². The van der Waals surface area contributed by atoms with E-state index in [1.54, 1.807) is 12.2 Å². The summed E-state index contributed by atoms with van der Waals surface area (Å²) in [5.41, 5.74) is 0. The van der Waals surface area contributed by atoms with Gasteiger partial charge in [-0.05, 0) is 0 Å². The summed E-state index contributed by atoms with van der Waals surface area (Å²) in [6, 6.07) is 0. The third kappa shape index (κ3) is 11.1. The lowest BCUT2D eigenvalue weighted by atomic mass is 10.5. The molecule has 17 heavy (non-hydrogen) atoms. The molecule has 0 aliphatic rings. The number of hydrogen-bond acceptors (Lipinski definition) is 5. The van der Waals surface area contributed by atoms with E-state index in [0.717, 1.165) is 0 Å². The van der Waals surface area contributed by atoms with Crippen LogP contribution in [0.5, 0.6) is 0 Å². The lowest BCUT2D eigenvalue weighted by molar-refractivity contribution is -0.292. The number of nitrogens with zero attached hydrogens (tertiary/aromatic N) is 1. The lowest BCUT2D eigenvalue weighted by Crippen LogP contribution is -2.29. The fourth-order valence-electron chi connectivity index (χ4n) is 0.837. The normalized spacial score (nSPS) is 9.88. The molecular formula is C11H19NO5. The van der Waals surface area contributed by atoms with Gasteiger partial charge in [0.2, 0.25) is 6.41 Å². The Morgan fingerprint density at radius 3 is 1.71 bits per heavy atom. The molecule has 0 rings (SSSR count). The molecule has 0 aromatic carbocycles. The Bertz CT molecular complexity index is 192. The molecule has 0 atom stereocenters. The molecular weight excluding hydrogens is 226 g/mol. The summed E-state index contributed by atoms with van der Waals surface area (Å²) in [7, 11) is 0. The minimum atomic E-state index is 0.292. The van der Waals surface area contributed by atoms with E-state index in [2.05, 4.69) is 13.2 Å². The Kier molecular flexibility index (Phi) is 11.9. The molecule has 0 spiro atoms. The maximum Gasteiger partial charge on any atom is 0.209 e. The zero-order valence-corrected chi connectivity index (χ0v) is 9.88. The summed E-state index contributed by atoms with van der Waals surface area (Å²) >= 11 is 0. The summed E-state index contributed by atoms with van der Waals surface area (Å²) < 4.78 is 0. The van der Waals surface area contributed by atoms with E-state index < -0.39 is 0 Å². The van der Waals surface area contributed by atoms with Crippen LogP contribution in [0.25, 0.3) is 0 Å². The molecule has 98 valence electrons. The van der Waals surface area contributed by atoms with Crippen LogP contribution in [0.15, 0.2) is 25.3 Å². The average Bonchev–Trinajstić information content (AvgIpc) is 2.36. The van der Waals surface area contributed by atoms with Gasteiger partial charge in [-0.3, -0.25) is 4.79 Å². The van der Waals surface area contributed by atoms with Crippen molar-refractivity contribution in [3.05, 3.63) is 25.3 Å². The number of carbonyl (C=O) groups is 1. The maximum absolute atomic E-state index is 10.6. The number of amides is 1. The zero-order chi connectivity index (χ0) is 12.8. The Morgan fingerprint density at radius 1 is 0.882 bits per heavy atom. The van der Waals surface area contributed by atoms with Gasteiger partial charge >= 0.3 is 0 Å². The Balaban J connectivity index is 3.38. The van der Waals surface area contributed by atoms with Crippen LogP contribution >= 0.6 is 0 Å². The van der Waals surface area contributed by atoms with Crippen LogP contribution in [0.4, 0.5) is 0 Å². The molecule has 6 heteroatoms. The van der Waals surface area contributed by atoms with Crippen molar-refractivity contribution in [1.82, 2.24) is 4.90 Å². The molecule has 0 aliphatic carbocycles. The van der Waals surface area contributed by atoms with Crippen molar-refractivity contribution >= 4 is 6.41 Å². The predicted molar refractivity (Wildman–Crippen MR) is 61.8 cm³/mol. The van der Waals surface area contributed by atoms with Crippen LogP contribution in [0.1, 0.15) is 0 Å². The highest BCUT2D eigenvalue weighted by molar-refractivity contribution is 5.46. The molecule has 0 heterocycles. The largest absolute Gasteiger partial charge is 0.340 e. The fraction of sp³-hybridized carbons (Fsp3) is 0.545. The van der Waals surface area contributed by atoms with Gasteiger partial charge in [-0.25, -0.2) is 19.6 Å². The van der Waals surface area contributed by atoms with Gasteiger partial charge < -0.3 is 4.90 Å². The monoisotopic (exact) mass is 245 g/mol. The third-order valence-electron chi connectivity index (χ3n) is 1.61. The Morgan fingerprint density at radius 2 is 1.35 bits per heavy atom. The summed E-state index contributed by atoms with van der Waals surface area (Å²) in [5.74, 6) is 0. The molecule has 1 amide bonds. The van der Waals surface area contributed by atoms with Gasteiger partial charge in [-0.15, -0.1) is 13.2 Å². The number of rotatable bonds is 13. The Labute approximate surface area is 101 Å². The quantitative estimate of drug-likeness (QED) is 0.157. The standard InChI is InChI=1S/C11H19NO5/c1-3-7-14-16-9-5-12(11-13)6-10-17-15-8-4-2/h3-4,11H,1-2,5-10H2. The summed E-state index contributed by atoms with van der Waals surface area (Å²) in [6.07, 6.45) is 3.86. The van der Waals surface area contributed by atoms with Crippen LogP contribution in [0, 0.1) is 0 Å². The summed E-state index contributed by atoms with van der Waals surface area (Å²) in [4.78, 5) is 31.1. The van der Waals surface area contributed by atoms with Crippen molar-refractivity contribution < 1.29 is 24.3 Å². The van der Waals surface area contributed by atoms with Crippen molar-refractivity contribution in [2.24, 2.45) is 0 Å². The lowest BCUT2D eigenvalue weighted by Gasteiger charge is -2.16. The molecule has 0 aliphatic heterocycles. The van der Waals surface area contributed by atoms with E-state index in [-0.39, 0.29) is 0 Å². The molecule has 0 saturated carbocycles. The van der Waals surface area contributed by atoms with Crippen molar-refractivity contribution in [2.75, 3.05) is 39.5 Å². The van der Waals surface area contributed by atoms with Crippen LogP contribution in [0.2, 0.25) is 0 Å². The maximum atomic E-state index is 10.6. The van der Waals surface area contributed by atoms with E-state index in [1.807, 2.05) is 0 Å². The van der Waals surface area contributed by atoms with E-state index in [9.17, 15) is 4.79 Å². The molecule has 0 unspecified atom stereocenters. The van der Waals surface area contributed by atoms with Crippen LogP contribution in [-0.2, 0) is 24.3 Å². The second kappa shape index (κ2) is 12.9. The summed E-state index contributed by atoms with van der Waals surface area (Å²) in [6.45, 7) is 9.00. The van der Waals surface area contributed by atoms with Gasteiger partial charge in [0.25, 0.3) is 0 Å². The van der Waals surface area contributed by atoms with Gasteiger partial charge in [-0.2, -0.15) is 0 Å². The minimum Gasteiger partial charge on any atom is -0.340 e. The van der Waals surface area contributed by atoms with Gasteiger partial charge in [0, 0.05) is 13.1 Å². The van der Waals surface area contributed by atoms with Crippen LogP contribution in [0.3, 0.4) is 0 Å². The fourth-order valence-corrected chi connectivity index (χ4v) is 0.837. The van der Waals surface area contributed by atoms with Gasteiger partial charge in [-0.1, -0.05) is 12.2 Å². The molecule has 0 radical (unpaired) electrons. The highest BCUT2D eigenvalue weighted by atomic mass is 17.2. The van der Waals surface area contributed by atoms with E-state index >= 15 is 0 Å². The molecule has 0 bridgehead atoms. The van der Waals surface area contributed by atoms with E-state index in [4.69, 9.17) is 19.6 Å². The Hall–Kier alpha value is -1.21. The first-order valence-electron chi connectivity index (χ1n) is 5.25. The first-order valence-corrected chi connectivity index (χ1v) is 5.25. The average molecular weight is 245 g/mol. The smallest absolute Gasteiger partial charge is 0.209 e. The van der Waals surface area contributed by atoms with Crippen molar-refractivity contribution in [3.8, 4) is 0 Å². The SMILES string of the molecule is C=CCOOCCN(C=O)CCOOCC=C. The third-order valence-corrected chi connectivity index (χ3v) is 1.61. The van der Waals surface area contributed by atoms with Gasteiger partial charge in [0.1, 0.15) is 13.2 Å². The van der Waals surface area contributed by atoms with Crippen molar-refractivity contribution in [2.45, 2.75) is 0 Å². The first-order chi connectivity index (χ1) is 8.35. The first kappa shape index (κ1) is 15.8.